The van der Waals surface area contributed by atoms with Gasteiger partial charge < -0.3 is 10.6 Å². The molecular formula is C19H23N3O3S. The van der Waals surface area contributed by atoms with Crippen molar-refractivity contribution < 1.29 is 13.2 Å². The number of likely N-dealkylation sites (tertiary alicyclic amines) is 1. The van der Waals surface area contributed by atoms with Crippen molar-refractivity contribution in [3.63, 3.8) is 0 Å². The van der Waals surface area contributed by atoms with Gasteiger partial charge >= 0.3 is 0 Å². The van der Waals surface area contributed by atoms with Crippen LogP contribution in [0.2, 0.25) is 0 Å². The molecule has 0 radical (unpaired) electrons. The molecule has 1 atom stereocenters. The number of anilines is 1. The van der Waals surface area contributed by atoms with E-state index in [4.69, 9.17) is 5.73 Å². The zero-order chi connectivity index (χ0) is 18.6. The number of amides is 1. The summed E-state index contributed by atoms with van der Waals surface area (Å²) in [4.78, 5) is 14.8. The topological polar surface area (TPSA) is 92.5 Å². The number of hydrogen-bond donors (Lipinski definition) is 2. The molecule has 0 spiro atoms. The van der Waals surface area contributed by atoms with Crippen molar-refractivity contribution in [2.75, 3.05) is 17.8 Å². The fourth-order valence-corrected chi connectivity index (χ4v) is 4.28. The van der Waals surface area contributed by atoms with Crippen molar-refractivity contribution in [1.29, 1.82) is 0 Å². The number of carbonyl (C=O) groups excluding carboxylic acids is 1. The van der Waals surface area contributed by atoms with E-state index in [1.807, 2.05) is 0 Å². The van der Waals surface area contributed by atoms with Crippen LogP contribution in [0.25, 0.3) is 0 Å². The van der Waals surface area contributed by atoms with Crippen LogP contribution >= 0.6 is 0 Å². The highest BCUT2D eigenvalue weighted by Crippen LogP contribution is 2.22. The van der Waals surface area contributed by atoms with Gasteiger partial charge in [0.25, 0.3) is 15.9 Å². The molecule has 0 aliphatic carbocycles. The van der Waals surface area contributed by atoms with E-state index >= 15 is 0 Å². The number of sulfonamides is 1. The minimum atomic E-state index is -3.69. The lowest BCUT2D eigenvalue weighted by molar-refractivity contribution is 0.0623. The standard InChI is InChI=1S/C19H23N3O3S/c20-14-17-9-4-5-12-22(17)19(23)15-7-6-8-16(13-15)21-26(24,25)18-10-2-1-3-11-18/h1-3,6-8,10-11,13,17,21H,4-5,9,12,14,20H2. The summed E-state index contributed by atoms with van der Waals surface area (Å²) in [6, 6.07) is 14.8. The normalized spacial score (nSPS) is 17.7. The van der Waals surface area contributed by atoms with Gasteiger partial charge in [-0.2, -0.15) is 0 Å². The summed E-state index contributed by atoms with van der Waals surface area (Å²) in [5, 5.41) is 0. The van der Waals surface area contributed by atoms with Crippen LogP contribution in [-0.4, -0.2) is 38.4 Å². The maximum absolute atomic E-state index is 12.8. The first-order valence-electron chi connectivity index (χ1n) is 8.70. The molecular weight excluding hydrogens is 350 g/mol. The second-order valence-corrected chi connectivity index (χ2v) is 8.07. The van der Waals surface area contributed by atoms with Gasteiger partial charge in [0, 0.05) is 30.4 Å². The SMILES string of the molecule is NCC1CCCCN1C(=O)c1cccc(NS(=O)(=O)c2ccccc2)c1. The van der Waals surface area contributed by atoms with Gasteiger partial charge in [-0.25, -0.2) is 8.42 Å². The Morgan fingerprint density at radius 2 is 1.88 bits per heavy atom. The third-order valence-electron chi connectivity index (χ3n) is 4.58. The first-order chi connectivity index (χ1) is 12.5. The van der Waals surface area contributed by atoms with E-state index in [1.54, 1.807) is 47.4 Å². The molecule has 1 aliphatic heterocycles. The number of benzene rings is 2. The Kier molecular flexibility index (Phi) is 5.58. The fourth-order valence-electron chi connectivity index (χ4n) is 3.21. The maximum Gasteiger partial charge on any atom is 0.261 e. The van der Waals surface area contributed by atoms with Crippen molar-refractivity contribution in [2.24, 2.45) is 5.73 Å². The van der Waals surface area contributed by atoms with E-state index in [-0.39, 0.29) is 16.8 Å². The van der Waals surface area contributed by atoms with Crippen LogP contribution in [0.5, 0.6) is 0 Å². The highest BCUT2D eigenvalue weighted by Gasteiger charge is 2.26. The van der Waals surface area contributed by atoms with E-state index in [0.717, 1.165) is 19.3 Å². The minimum absolute atomic E-state index is 0.0425. The van der Waals surface area contributed by atoms with Gasteiger partial charge in [0.15, 0.2) is 0 Å². The number of rotatable bonds is 5. The summed E-state index contributed by atoms with van der Waals surface area (Å²) in [7, 11) is -3.69. The number of hydrogen-bond acceptors (Lipinski definition) is 4. The van der Waals surface area contributed by atoms with Gasteiger partial charge in [0.05, 0.1) is 4.90 Å². The molecule has 0 aromatic heterocycles. The fraction of sp³-hybridized carbons (Fsp3) is 0.316. The van der Waals surface area contributed by atoms with Gasteiger partial charge in [0.1, 0.15) is 0 Å². The van der Waals surface area contributed by atoms with Crippen molar-refractivity contribution >= 4 is 21.6 Å². The number of nitrogens with two attached hydrogens (primary N) is 1. The largest absolute Gasteiger partial charge is 0.334 e. The van der Waals surface area contributed by atoms with Gasteiger partial charge in [-0.1, -0.05) is 24.3 Å². The molecule has 2 aromatic carbocycles. The molecule has 0 saturated carbocycles. The summed E-state index contributed by atoms with van der Waals surface area (Å²) in [5.74, 6) is -0.110. The van der Waals surface area contributed by atoms with E-state index in [9.17, 15) is 13.2 Å². The maximum atomic E-state index is 12.8. The van der Waals surface area contributed by atoms with E-state index in [1.165, 1.54) is 12.1 Å². The Balaban J connectivity index is 1.81. The molecule has 1 fully saturated rings. The second kappa shape index (κ2) is 7.88. The van der Waals surface area contributed by atoms with Crippen LogP contribution in [0.4, 0.5) is 5.69 Å². The summed E-state index contributed by atoms with van der Waals surface area (Å²) < 4.78 is 27.5. The number of nitrogens with zero attached hydrogens (tertiary/aromatic N) is 1. The summed E-state index contributed by atoms with van der Waals surface area (Å²) >= 11 is 0. The quantitative estimate of drug-likeness (QED) is 0.842. The lowest BCUT2D eigenvalue weighted by Gasteiger charge is -2.35. The predicted molar refractivity (Wildman–Crippen MR) is 101 cm³/mol. The molecule has 3 N–H and O–H groups in total. The monoisotopic (exact) mass is 373 g/mol. The van der Waals surface area contributed by atoms with Crippen LogP contribution in [0.3, 0.4) is 0 Å². The summed E-state index contributed by atoms with van der Waals surface area (Å²) in [6.45, 7) is 1.12. The molecule has 7 heteroatoms. The summed E-state index contributed by atoms with van der Waals surface area (Å²) in [5.41, 5.74) is 6.62. The molecule has 138 valence electrons. The lowest BCUT2D eigenvalue weighted by Crippen LogP contribution is -2.47. The van der Waals surface area contributed by atoms with E-state index in [2.05, 4.69) is 4.72 Å². The Morgan fingerprint density at radius 3 is 2.62 bits per heavy atom. The first kappa shape index (κ1) is 18.4. The molecule has 26 heavy (non-hydrogen) atoms. The Labute approximate surface area is 154 Å². The molecule has 1 unspecified atom stereocenters. The average molecular weight is 373 g/mol. The average Bonchev–Trinajstić information content (AvgIpc) is 2.68. The highest BCUT2D eigenvalue weighted by molar-refractivity contribution is 7.92. The molecule has 6 nitrogen and oxygen atoms in total. The molecule has 0 bridgehead atoms. The molecule has 1 saturated heterocycles. The second-order valence-electron chi connectivity index (χ2n) is 6.38. The predicted octanol–water partition coefficient (Wildman–Crippen LogP) is 2.44. The van der Waals surface area contributed by atoms with E-state index in [0.29, 0.717) is 24.3 Å². The van der Waals surface area contributed by atoms with Gasteiger partial charge in [-0.05, 0) is 49.6 Å². The van der Waals surface area contributed by atoms with Crippen LogP contribution in [0.15, 0.2) is 59.5 Å². The first-order valence-corrected chi connectivity index (χ1v) is 10.2. The molecule has 2 aromatic rings. The zero-order valence-corrected chi connectivity index (χ0v) is 15.3. The van der Waals surface area contributed by atoms with Crippen molar-refractivity contribution in [3.05, 3.63) is 60.2 Å². The third-order valence-corrected chi connectivity index (χ3v) is 5.97. The molecule has 1 aliphatic rings. The zero-order valence-electron chi connectivity index (χ0n) is 14.5. The van der Waals surface area contributed by atoms with Gasteiger partial charge in [0.2, 0.25) is 0 Å². The Morgan fingerprint density at radius 1 is 1.12 bits per heavy atom. The van der Waals surface area contributed by atoms with Crippen molar-refractivity contribution in [2.45, 2.75) is 30.2 Å². The Hall–Kier alpha value is -2.38. The van der Waals surface area contributed by atoms with Crippen LogP contribution < -0.4 is 10.5 Å². The van der Waals surface area contributed by atoms with Crippen molar-refractivity contribution in [3.8, 4) is 0 Å². The Bertz CT molecular complexity index is 869. The summed E-state index contributed by atoms with van der Waals surface area (Å²) in [6.07, 6.45) is 2.94. The molecule has 3 rings (SSSR count). The third kappa shape index (κ3) is 4.05. The van der Waals surface area contributed by atoms with E-state index < -0.39 is 10.0 Å². The van der Waals surface area contributed by atoms with Crippen LogP contribution in [0, 0.1) is 0 Å². The van der Waals surface area contributed by atoms with Crippen molar-refractivity contribution in [1.82, 2.24) is 4.90 Å². The van der Waals surface area contributed by atoms with Gasteiger partial charge in [-0.3, -0.25) is 9.52 Å². The number of nitrogens with one attached hydrogen (secondary N) is 1. The highest BCUT2D eigenvalue weighted by atomic mass is 32.2. The lowest BCUT2D eigenvalue weighted by atomic mass is 10.0. The van der Waals surface area contributed by atoms with Crippen LogP contribution in [-0.2, 0) is 10.0 Å². The number of piperidine rings is 1. The van der Waals surface area contributed by atoms with Crippen LogP contribution in [0.1, 0.15) is 29.6 Å². The molecule has 1 heterocycles. The molecule has 1 amide bonds. The minimum Gasteiger partial charge on any atom is -0.334 e. The van der Waals surface area contributed by atoms with Gasteiger partial charge in [-0.15, -0.1) is 0 Å². The number of carbonyl (C=O) groups is 1. The smallest absolute Gasteiger partial charge is 0.261 e.